The number of carbonyl (C=O) groups is 1. The van der Waals surface area contributed by atoms with Crippen LogP contribution in [0.15, 0.2) is 35.2 Å². The quantitative estimate of drug-likeness (QED) is 0.838. The van der Waals surface area contributed by atoms with Crippen LogP contribution in [0.4, 0.5) is 8.78 Å². The number of carbonyl (C=O) groups excluding carboxylic acids is 1. The van der Waals surface area contributed by atoms with Crippen LogP contribution in [0.25, 0.3) is 0 Å². The van der Waals surface area contributed by atoms with Crippen LogP contribution in [-0.4, -0.2) is 24.3 Å². The molecule has 1 aromatic heterocycles. The number of primary sulfonamides is 1. The lowest BCUT2D eigenvalue weighted by atomic mass is 10.2. The second kappa shape index (κ2) is 6.97. The highest BCUT2D eigenvalue weighted by Gasteiger charge is 2.15. The molecule has 3 N–H and O–H groups in total. The molecule has 0 radical (unpaired) electrons. The van der Waals surface area contributed by atoms with Crippen molar-refractivity contribution in [3.8, 4) is 0 Å². The van der Waals surface area contributed by atoms with Crippen molar-refractivity contribution in [1.82, 2.24) is 15.3 Å². The van der Waals surface area contributed by atoms with Crippen LogP contribution in [0.1, 0.15) is 34.0 Å². The number of nitrogens with zero attached hydrogens (tertiary/aromatic N) is 2. The smallest absolute Gasteiger partial charge is 0.280 e. The van der Waals surface area contributed by atoms with Gasteiger partial charge in [-0.2, -0.15) is 0 Å². The number of halogens is 2. The number of amides is 1. The van der Waals surface area contributed by atoms with Crippen molar-refractivity contribution in [3.63, 3.8) is 0 Å². The summed E-state index contributed by atoms with van der Waals surface area (Å²) < 4.78 is 47.7. The number of aryl methyl sites for hydroxylation is 1. The summed E-state index contributed by atoms with van der Waals surface area (Å²) in [6, 6.07) is 6.50. The molecule has 1 aromatic carbocycles. The van der Waals surface area contributed by atoms with Crippen molar-refractivity contribution in [2.75, 3.05) is 0 Å². The number of hydrogen-bond acceptors (Lipinski definition) is 5. The number of nitrogens with one attached hydrogen (secondary N) is 1. The van der Waals surface area contributed by atoms with Gasteiger partial charge in [-0.15, -0.1) is 0 Å². The van der Waals surface area contributed by atoms with Crippen LogP contribution in [0.5, 0.6) is 0 Å². The van der Waals surface area contributed by atoms with E-state index in [-0.39, 0.29) is 23.0 Å². The summed E-state index contributed by atoms with van der Waals surface area (Å²) in [4.78, 5) is 19.3. The Balaban J connectivity index is 2.08. The monoisotopic (exact) mass is 356 g/mol. The summed E-state index contributed by atoms with van der Waals surface area (Å²) in [5, 5.41) is 7.50. The minimum Gasteiger partial charge on any atom is -0.347 e. The van der Waals surface area contributed by atoms with Gasteiger partial charge in [-0.1, -0.05) is 12.1 Å². The molecule has 0 aliphatic rings. The zero-order valence-corrected chi connectivity index (χ0v) is 13.3. The molecule has 2 aromatic rings. The van der Waals surface area contributed by atoms with Gasteiger partial charge < -0.3 is 5.32 Å². The maximum atomic E-state index is 12.7. The zero-order valence-electron chi connectivity index (χ0n) is 12.5. The second-order valence-electron chi connectivity index (χ2n) is 4.90. The van der Waals surface area contributed by atoms with Gasteiger partial charge in [-0.25, -0.2) is 32.3 Å². The van der Waals surface area contributed by atoms with Crippen molar-refractivity contribution in [1.29, 1.82) is 0 Å². The number of alkyl halides is 2. The lowest BCUT2D eigenvalue weighted by molar-refractivity contribution is 0.0944. The predicted octanol–water partition coefficient (Wildman–Crippen LogP) is 1.30. The number of sulfonamides is 1. The summed E-state index contributed by atoms with van der Waals surface area (Å²) in [6.45, 7) is 1.48. The highest BCUT2D eigenvalue weighted by molar-refractivity contribution is 7.89. The van der Waals surface area contributed by atoms with Crippen LogP contribution >= 0.6 is 0 Å². The minimum atomic E-state index is -3.79. The van der Waals surface area contributed by atoms with Crippen molar-refractivity contribution >= 4 is 15.9 Å². The highest BCUT2D eigenvalue weighted by atomic mass is 32.2. The number of hydrogen-bond donors (Lipinski definition) is 2. The van der Waals surface area contributed by atoms with E-state index in [4.69, 9.17) is 5.14 Å². The summed E-state index contributed by atoms with van der Waals surface area (Å²) in [5.41, 5.74) is -0.0836. The van der Waals surface area contributed by atoms with Crippen LogP contribution < -0.4 is 10.5 Å². The van der Waals surface area contributed by atoms with Gasteiger partial charge in [0.2, 0.25) is 10.0 Å². The maximum absolute atomic E-state index is 12.7. The third kappa shape index (κ3) is 4.52. The molecule has 1 heterocycles. The normalized spacial score (nSPS) is 11.5. The van der Waals surface area contributed by atoms with Gasteiger partial charge in [-0.05, 0) is 30.7 Å². The topological polar surface area (TPSA) is 115 Å². The Morgan fingerprint density at radius 3 is 2.42 bits per heavy atom. The van der Waals surface area contributed by atoms with Gasteiger partial charge in [0.15, 0.2) is 0 Å². The number of rotatable bonds is 5. The van der Waals surface area contributed by atoms with Gasteiger partial charge in [-0.3, -0.25) is 4.79 Å². The summed E-state index contributed by atoms with van der Waals surface area (Å²) in [6.07, 6.45) is -2.80. The summed E-state index contributed by atoms with van der Waals surface area (Å²) in [7, 11) is -3.79. The number of aromatic nitrogens is 2. The Hall–Kier alpha value is -2.46. The van der Waals surface area contributed by atoms with Crippen LogP contribution in [0.2, 0.25) is 0 Å². The first-order valence-electron chi connectivity index (χ1n) is 6.70. The summed E-state index contributed by atoms with van der Waals surface area (Å²) in [5.74, 6) is -0.576. The average Bonchev–Trinajstić information content (AvgIpc) is 2.51. The molecule has 1 amide bonds. The third-order valence-corrected chi connectivity index (χ3v) is 3.95. The van der Waals surface area contributed by atoms with E-state index < -0.39 is 28.0 Å². The molecule has 0 bridgehead atoms. The lowest BCUT2D eigenvalue weighted by Gasteiger charge is -2.07. The Morgan fingerprint density at radius 2 is 1.88 bits per heavy atom. The van der Waals surface area contributed by atoms with Gasteiger partial charge in [0, 0.05) is 6.54 Å². The van der Waals surface area contributed by atoms with E-state index in [2.05, 4.69) is 15.3 Å². The first kappa shape index (κ1) is 17.9. The van der Waals surface area contributed by atoms with Crippen molar-refractivity contribution in [3.05, 3.63) is 53.1 Å². The molecule has 24 heavy (non-hydrogen) atoms. The van der Waals surface area contributed by atoms with E-state index in [9.17, 15) is 22.0 Å². The molecule has 128 valence electrons. The molecular formula is C14H14F2N4O3S. The Labute approximate surface area is 137 Å². The minimum absolute atomic E-state index is 0.0504. The highest BCUT2D eigenvalue weighted by Crippen LogP contribution is 2.17. The maximum Gasteiger partial charge on any atom is 0.280 e. The Kier molecular flexibility index (Phi) is 5.20. The molecule has 0 atom stereocenters. The van der Waals surface area contributed by atoms with E-state index in [0.29, 0.717) is 5.56 Å². The molecule has 0 saturated carbocycles. The fourth-order valence-corrected chi connectivity index (χ4v) is 2.40. The fourth-order valence-electron chi connectivity index (χ4n) is 1.89. The molecule has 7 nitrogen and oxygen atoms in total. The largest absolute Gasteiger partial charge is 0.347 e. The van der Waals surface area contributed by atoms with E-state index in [0.717, 1.165) is 6.07 Å². The van der Waals surface area contributed by atoms with Crippen molar-refractivity contribution in [2.24, 2.45) is 5.14 Å². The second-order valence-corrected chi connectivity index (χ2v) is 6.46. The SMILES string of the molecule is Cc1nc(C(=O)NCc2ccc(S(N)(=O)=O)cc2)cc(C(F)F)n1. The molecule has 10 heteroatoms. The molecule has 0 saturated heterocycles. The molecule has 0 unspecified atom stereocenters. The number of benzene rings is 1. The predicted molar refractivity (Wildman–Crippen MR) is 80.7 cm³/mol. The third-order valence-electron chi connectivity index (χ3n) is 3.02. The van der Waals surface area contributed by atoms with Crippen LogP contribution in [0, 0.1) is 6.92 Å². The van der Waals surface area contributed by atoms with E-state index in [1.165, 1.54) is 31.2 Å². The van der Waals surface area contributed by atoms with Gasteiger partial charge in [0.25, 0.3) is 12.3 Å². The molecule has 0 aliphatic carbocycles. The summed E-state index contributed by atoms with van der Waals surface area (Å²) >= 11 is 0. The van der Waals surface area contributed by atoms with E-state index >= 15 is 0 Å². The Morgan fingerprint density at radius 1 is 1.25 bits per heavy atom. The Bertz CT molecular complexity index is 855. The standard InChI is InChI=1S/C14H14F2N4O3S/c1-8-19-11(13(15)16)6-12(20-8)14(21)18-7-9-2-4-10(5-3-9)24(17,22)23/h2-6,13H,7H2,1H3,(H,18,21)(H2,17,22,23). The molecule has 0 fully saturated rings. The van der Waals surface area contributed by atoms with Gasteiger partial charge in [0.05, 0.1) is 4.90 Å². The molecule has 0 spiro atoms. The average molecular weight is 356 g/mol. The van der Waals surface area contributed by atoms with Gasteiger partial charge in [0.1, 0.15) is 17.2 Å². The van der Waals surface area contributed by atoms with Crippen molar-refractivity contribution in [2.45, 2.75) is 24.8 Å². The van der Waals surface area contributed by atoms with Gasteiger partial charge >= 0.3 is 0 Å². The van der Waals surface area contributed by atoms with Crippen molar-refractivity contribution < 1.29 is 22.0 Å². The van der Waals surface area contributed by atoms with Crippen LogP contribution in [-0.2, 0) is 16.6 Å². The zero-order chi connectivity index (χ0) is 17.9. The first-order valence-corrected chi connectivity index (χ1v) is 8.25. The van der Waals surface area contributed by atoms with E-state index in [1.54, 1.807) is 0 Å². The first-order chi connectivity index (χ1) is 11.2. The number of nitrogens with two attached hydrogens (primary N) is 1. The molecule has 0 aliphatic heterocycles. The van der Waals surface area contributed by atoms with E-state index in [1.807, 2.05) is 0 Å². The van der Waals surface area contributed by atoms with Crippen LogP contribution in [0.3, 0.4) is 0 Å². The fraction of sp³-hybridized carbons (Fsp3) is 0.214. The molecule has 2 rings (SSSR count). The lowest BCUT2D eigenvalue weighted by Crippen LogP contribution is -2.24. The molecular weight excluding hydrogens is 342 g/mol.